The number of anilines is 1. The van der Waals surface area contributed by atoms with Gasteiger partial charge in [0.05, 0.1) is 6.07 Å². The van der Waals surface area contributed by atoms with Crippen LogP contribution in [0.4, 0.5) is 5.13 Å². The summed E-state index contributed by atoms with van der Waals surface area (Å²) >= 11 is 2.35. The fourth-order valence-corrected chi connectivity index (χ4v) is 8.86. The summed E-state index contributed by atoms with van der Waals surface area (Å²) in [5, 5.41) is 30.6. The van der Waals surface area contributed by atoms with E-state index in [9.17, 15) is 29.5 Å². The summed E-state index contributed by atoms with van der Waals surface area (Å²) in [6.07, 6.45) is 0.600. The highest BCUT2D eigenvalue weighted by Crippen LogP contribution is 2.44. The highest BCUT2D eigenvalue weighted by Gasteiger charge is 2.55. The number of allylic oxidation sites excluding steroid dienone is 1. The first-order valence-electron chi connectivity index (χ1n) is 17.0. The van der Waals surface area contributed by atoms with E-state index in [1.54, 1.807) is 5.38 Å². The van der Waals surface area contributed by atoms with Crippen LogP contribution < -0.4 is 16.4 Å². The summed E-state index contributed by atoms with van der Waals surface area (Å²) in [5.41, 5.74) is 7.66. The van der Waals surface area contributed by atoms with Crippen LogP contribution in [-0.2, 0) is 29.6 Å². The molecule has 54 heavy (non-hydrogen) atoms. The second-order valence-corrected chi connectivity index (χ2v) is 14.5. The van der Waals surface area contributed by atoms with Gasteiger partial charge in [-0.1, -0.05) is 96.2 Å². The number of nitrogens with zero attached hydrogens (tertiary/aromatic N) is 4. The second kappa shape index (κ2) is 15.4. The number of carbonyl (C=O) groups excluding carboxylic acids is 3. The average molecular weight is 760 g/mol. The molecule has 3 aromatic carbocycles. The molecule has 4 aromatic rings. The maximum Gasteiger partial charge on any atom is 0.352 e. The van der Waals surface area contributed by atoms with Crippen LogP contribution in [0.15, 0.2) is 124 Å². The van der Waals surface area contributed by atoms with Crippen LogP contribution >= 0.6 is 23.1 Å². The van der Waals surface area contributed by atoms with Crippen molar-refractivity contribution in [3.63, 3.8) is 0 Å². The van der Waals surface area contributed by atoms with Crippen molar-refractivity contribution in [2.24, 2.45) is 5.16 Å². The lowest BCUT2D eigenvalue weighted by atomic mass is 9.80. The molecule has 5 N–H and O–H groups in total. The summed E-state index contributed by atoms with van der Waals surface area (Å²) in [5.74, 6) is -2.97. The summed E-state index contributed by atoms with van der Waals surface area (Å²) in [6, 6.07) is 29.3. The van der Waals surface area contributed by atoms with Crippen molar-refractivity contribution in [2.45, 2.75) is 36.3 Å². The molecule has 1 aromatic heterocycles. The van der Waals surface area contributed by atoms with E-state index >= 15 is 0 Å². The number of thioether (sulfide) groups is 1. The fraction of sp³-hybridized carbons (Fsp3) is 0.205. The number of amides is 3. The third kappa shape index (κ3) is 6.61. The Balaban J connectivity index is 1.24. The summed E-state index contributed by atoms with van der Waals surface area (Å²) in [7, 11) is 0. The number of rotatable bonds is 12. The van der Waals surface area contributed by atoms with Crippen molar-refractivity contribution in [1.29, 1.82) is 5.26 Å². The van der Waals surface area contributed by atoms with Gasteiger partial charge in [-0.25, -0.2) is 9.78 Å². The van der Waals surface area contributed by atoms with Gasteiger partial charge in [-0.2, -0.15) is 5.26 Å². The van der Waals surface area contributed by atoms with Crippen LogP contribution in [-0.4, -0.2) is 68.1 Å². The number of fused-ring (bicyclic) bond motifs is 1. The van der Waals surface area contributed by atoms with E-state index < -0.39 is 34.8 Å². The van der Waals surface area contributed by atoms with Crippen molar-refractivity contribution >= 4 is 57.6 Å². The second-order valence-electron chi connectivity index (χ2n) is 12.5. The molecule has 0 spiro atoms. The van der Waals surface area contributed by atoms with Crippen molar-refractivity contribution in [3.05, 3.63) is 141 Å². The van der Waals surface area contributed by atoms with Crippen molar-refractivity contribution < 1.29 is 29.1 Å². The third-order valence-electron chi connectivity index (χ3n) is 9.40. The number of hydrogen-bond donors (Lipinski definition) is 4. The quantitative estimate of drug-likeness (QED) is 0.0531. The maximum atomic E-state index is 14.2. The van der Waals surface area contributed by atoms with Gasteiger partial charge < -0.3 is 26.3 Å². The van der Waals surface area contributed by atoms with Gasteiger partial charge in [0.2, 0.25) is 11.5 Å². The first-order valence-corrected chi connectivity index (χ1v) is 18.9. The van der Waals surface area contributed by atoms with Gasteiger partial charge in [-0.05, 0) is 24.0 Å². The number of oxime groups is 1. The van der Waals surface area contributed by atoms with E-state index in [0.717, 1.165) is 32.9 Å². The highest BCUT2D eigenvalue weighted by atomic mass is 32.2. The molecule has 13 nitrogen and oxygen atoms in total. The van der Waals surface area contributed by atoms with Crippen molar-refractivity contribution in [2.75, 3.05) is 18.0 Å². The number of nitriles is 1. The first kappa shape index (κ1) is 36.1. The zero-order chi connectivity index (χ0) is 37.8. The van der Waals surface area contributed by atoms with Gasteiger partial charge in [0.15, 0.2) is 10.8 Å². The molecule has 2 saturated heterocycles. The average Bonchev–Trinajstić information content (AvgIpc) is 3.83. The zero-order valence-electron chi connectivity index (χ0n) is 28.6. The number of carbonyl (C=O) groups is 4. The van der Waals surface area contributed by atoms with Crippen molar-refractivity contribution in [1.82, 2.24) is 20.5 Å². The molecule has 0 aliphatic carbocycles. The largest absolute Gasteiger partial charge is 0.477 e. The molecule has 0 radical (unpaired) electrons. The number of aromatic nitrogens is 1. The first-order chi connectivity index (χ1) is 26.2. The lowest BCUT2D eigenvalue weighted by Crippen LogP contribution is -2.71. The van der Waals surface area contributed by atoms with E-state index in [2.05, 4.69) is 26.8 Å². The minimum absolute atomic E-state index is 0.0641. The molecule has 2 fully saturated rings. The Labute approximate surface area is 318 Å². The molecule has 2 atom stereocenters. The number of hydrogen-bond acceptors (Lipinski definition) is 11. The Bertz CT molecular complexity index is 2150. The van der Waals surface area contributed by atoms with Crippen LogP contribution in [0.3, 0.4) is 0 Å². The van der Waals surface area contributed by atoms with Crippen LogP contribution in [0.25, 0.3) is 0 Å². The van der Waals surface area contributed by atoms with E-state index in [-0.39, 0.29) is 46.7 Å². The van der Waals surface area contributed by atoms with Crippen LogP contribution in [0.2, 0.25) is 0 Å². The van der Waals surface area contributed by atoms with Gasteiger partial charge in [-0.3, -0.25) is 19.3 Å². The maximum absolute atomic E-state index is 14.2. The van der Waals surface area contributed by atoms with E-state index in [0.29, 0.717) is 29.7 Å². The lowest BCUT2D eigenvalue weighted by molar-refractivity contribution is -0.150. The summed E-state index contributed by atoms with van der Waals surface area (Å²) in [4.78, 5) is 65.4. The monoisotopic (exact) mass is 759 g/mol. The number of aliphatic carboxylic acids is 1. The molecule has 272 valence electrons. The molecule has 0 saturated carbocycles. The summed E-state index contributed by atoms with van der Waals surface area (Å²) < 4.78 is 0. The Morgan fingerprint density at radius 3 is 2.15 bits per heavy atom. The lowest BCUT2D eigenvalue weighted by Gasteiger charge is -2.49. The van der Waals surface area contributed by atoms with Crippen molar-refractivity contribution in [3.8, 4) is 6.07 Å². The number of nitrogen functional groups attached to an aromatic ring is 1. The van der Waals surface area contributed by atoms with Crippen LogP contribution in [0.5, 0.6) is 0 Å². The van der Waals surface area contributed by atoms with Gasteiger partial charge in [0, 0.05) is 46.4 Å². The minimum atomic E-state index is -1.35. The molecular formula is C39H33N7O6S2. The Hall–Kier alpha value is -6.24. The standard InChI is InChI=1S/C39H33N7O6S2/c40-19-10-17-26(27-18-20-42-33(27)47)28-21-53-36-31(35(49)46(36)32(28)37(50)51)44-34(48)30(29-22-54-38(41)43-29)45-52-39(23-11-4-1-5-12-23,24-13-6-2-7-14-24)25-15-8-3-9-16-25/h1-9,11-16,22,31,36H,10,17-18,20-21H2,(H2,41,43)(H,42,47)(H,44,48)(H,50,51)/b27-26+,45-30-/t31-,36-/m1/s1. The fourth-order valence-electron chi connectivity index (χ4n) is 6.93. The SMILES string of the molecule is N#CCC/C(C1=C(C(=O)O)N2C(=O)[C@@H](NC(=O)/C(=N\OC(c3ccccc3)(c3ccccc3)c3ccccc3)c3csc(N)n3)[C@H]2SC1)=C1/CCNC1=O. The molecule has 0 unspecified atom stereocenters. The molecule has 3 aliphatic heterocycles. The van der Waals surface area contributed by atoms with E-state index in [1.807, 2.05) is 91.0 Å². The number of benzene rings is 3. The predicted molar refractivity (Wildman–Crippen MR) is 203 cm³/mol. The third-order valence-corrected chi connectivity index (χ3v) is 11.4. The Morgan fingerprint density at radius 2 is 1.65 bits per heavy atom. The van der Waals surface area contributed by atoms with E-state index in [4.69, 9.17) is 10.6 Å². The Kier molecular flexibility index (Phi) is 10.3. The molecule has 15 heteroatoms. The smallest absolute Gasteiger partial charge is 0.352 e. The molecule has 0 bridgehead atoms. The number of carboxylic acids is 1. The van der Waals surface area contributed by atoms with Gasteiger partial charge in [0.1, 0.15) is 22.8 Å². The highest BCUT2D eigenvalue weighted by molar-refractivity contribution is 8.00. The molecule has 7 rings (SSSR count). The normalized spacial score (nSPS) is 19.3. The topological polar surface area (TPSA) is 200 Å². The molecular weight excluding hydrogens is 727 g/mol. The minimum Gasteiger partial charge on any atom is -0.477 e. The summed E-state index contributed by atoms with van der Waals surface area (Å²) in [6.45, 7) is 0.397. The molecule has 4 heterocycles. The Morgan fingerprint density at radius 1 is 1.04 bits per heavy atom. The number of carboxylic acid groups (broad SMARTS) is 1. The molecule has 3 amide bonds. The molecule has 3 aliphatic rings. The number of nitrogens with one attached hydrogen (secondary N) is 2. The zero-order valence-corrected chi connectivity index (χ0v) is 30.2. The van der Waals surface area contributed by atoms with Crippen LogP contribution in [0.1, 0.15) is 41.6 Å². The van der Waals surface area contributed by atoms with Gasteiger partial charge in [0.25, 0.3) is 11.8 Å². The van der Waals surface area contributed by atoms with E-state index in [1.165, 1.54) is 11.8 Å². The van der Waals surface area contributed by atoms with Gasteiger partial charge >= 0.3 is 5.97 Å². The number of β-lactam (4-membered cyclic amide) rings is 1. The predicted octanol–water partition coefficient (Wildman–Crippen LogP) is 4.30. The number of thiazole rings is 1. The van der Waals surface area contributed by atoms with Crippen LogP contribution in [0, 0.1) is 11.3 Å². The number of nitrogens with two attached hydrogens (primary N) is 1. The van der Waals surface area contributed by atoms with Gasteiger partial charge in [-0.15, -0.1) is 23.1 Å².